The van der Waals surface area contributed by atoms with Crippen LogP contribution in [0.5, 0.6) is 0 Å². The van der Waals surface area contributed by atoms with Gasteiger partial charge in [-0.25, -0.2) is 0 Å². The van der Waals surface area contributed by atoms with Crippen molar-refractivity contribution >= 4 is 20.1 Å². The zero-order chi connectivity index (χ0) is 33.9. The Hall–Kier alpha value is -3.16. The molecule has 3 aromatic carbocycles. The number of carbonyl (C=O) groups excluding carboxylic acids is 1. The van der Waals surface area contributed by atoms with Gasteiger partial charge in [0.15, 0.2) is 0 Å². The van der Waals surface area contributed by atoms with E-state index in [2.05, 4.69) is 159 Å². The molecule has 2 unspecified atom stereocenters. The van der Waals surface area contributed by atoms with Gasteiger partial charge in [-0.3, -0.25) is 0 Å². The molecule has 50 heavy (non-hydrogen) atoms. The molecule has 254 valence electrons. The molecule has 0 spiro atoms. The monoisotopic (exact) mass is 774 g/mol. The average Bonchev–Trinajstić information content (AvgIpc) is 3.75. The molecule has 0 amide bonds. The van der Waals surface area contributed by atoms with Crippen LogP contribution in [0.4, 0.5) is 0 Å². The van der Waals surface area contributed by atoms with Crippen molar-refractivity contribution < 1.29 is 50.9 Å². The quantitative estimate of drug-likeness (QED) is 0.327. The SMILES string of the molecule is CC1=C2C(=C(C)c3c(C)c(C)c(C)c(C)c32)[C](C)([Zr+2]([C]2=CC=CC2)=[C](c2ccccc2)c2ccccc2)C(C(=O)C2C=CC=CC2)=C1C.[Cl-].[Cl-]. The van der Waals surface area contributed by atoms with E-state index in [-0.39, 0.29) is 30.7 Å². The summed E-state index contributed by atoms with van der Waals surface area (Å²) in [5, 5.41) is 0. The van der Waals surface area contributed by atoms with E-state index in [9.17, 15) is 0 Å². The third kappa shape index (κ3) is 5.81. The largest absolute Gasteiger partial charge is 1.00 e. The van der Waals surface area contributed by atoms with Gasteiger partial charge in [0.2, 0.25) is 0 Å². The fourth-order valence-electron chi connectivity index (χ4n) is 9.08. The minimum absolute atomic E-state index is 0. The van der Waals surface area contributed by atoms with Gasteiger partial charge >= 0.3 is 297 Å². The third-order valence-corrected chi connectivity index (χ3v) is 20.6. The first kappa shape index (κ1) is 38.1. The smallest absolute Gasteiger partial charge is 1.00 e. The molecular weight excluding hydrogens is 731 g/mol. The van der Waals surface area contributed by atoms with Crippen LogP contribution in [0.2, 0.25) is 3.12 Å². The number of halogens is 2. The van der Waals surface area contributed by atoms with Crippen molar-refractivity contribution in [2.75, 3.05) is 0 Å². The van der Waals surface area contributed by atoms with Gasteiger partial charge < -0.3 is 24.8 Å². The number of benzene rings is 3. The first-order chi connectivity index (χ1) is 23.1. The molecule has 0 radical (unpaired) electrons. The minimum atomic E-state index is -3.20. The molecular formula is C46H46Cl2OZr. The maximum atomic E-state index is 15.3. The number of hydrogen-bond donors (Lipinski definition) is 0. The van der Waals surface area contributed by atoms with E-state index >= 15 is 4.79 Å². The number of fused-ring (bicyclic) bond motifs is 3. The molecule has 0 fully saturated rings. The molecule has 2 atom stereocenters. The number of hydrogen-bond acceptors (Lipinski definition) is 1. The van der Waals surface area contributed by atoms with Crippen molar-refractivity contribution in [3.63, 3.8) is 0 Å². The molecule has 0 saturated heterocycles. The Balaban J connectivity index is 0.00000243. The van der Waals surface area contributed by atoms with Crippen molar-refractivity contribution in [3.05, 3.63) is 173 Å². The first-order valence-electron chi connectivity index (χ1n) is 17.4. The van der Waals surface area contributed by atoms with Gasteiger partial charge in [-0.05, 0) is 0 Å². The molecule has 4 aliphatic carbocycles. The Morgan fingerprint density at radius 3 is 1.78 bits per heavy atom. The Kier molecular flexibility index (Phi) is 11.3. The maximum Gasteiger partial charge on any atom is -1.00 e. The Morgan fingerprint density at radius 2 is 1.26 bits per heavy atom. The average molecular weight is 777 g/mol. The molecule has 0 heterocycles. The normalized spacial score (nSPS) is 20.1. The Bertz CT molecular complexity index is 2110. The first-order valence-corrected chi connectivity index (χ1v) is 21.1. The summed E-state index contributed by atoms with van der Waals surface area (Å²) in [5.41, 5.74) is 18.6. The van der Waals surface area contributed by atoms with Crippen LogP contribution in [0.25, 0.3) is 11.1 Å². The van der Waals surface area contributed by atoms with E-state index in [1.165, 1.54) is 75.6 Å². The Labute approximate surface area is 319 Å². The van der Waals surface area contributed by atoms with E-state index in [0.29, 0.717) is 5.78 Å². The summed E-state index contributed by atoms with van der Waals surface area (Å²) in [6.07, 6.45) is 17.2. The molecule has 0 aliphatic heterocycles. The van der Waals surface area contributed by atoms with Gasteiger partial charge in [-0.1, -0.05) is 0 Å². The second-order valence-electron chi connectivity index (χ2n) is 14.2. The second-order valence-corrected chi connectivity index (χ2v) is 21.3. The fourth-order valence-corrected chi connectivity index (χ4v) is 19.1. The van der Waals surface area contributed by atoms with Gasteiger partial charge in [-0.2, -0.15) is 0 Å². The number of allylic oxidation sites excluding steroid dienone is 14. The van der Waals surface area contributed by atoms with Crippen molar-refractivity contribution in [1.82, 2.24) is 0 Å². The molecule has 1 nitrogen and oxygen atoms in total. The van der Waals surface area contributed by atoms with Crippen molar-refractivity contribution in [2.24, 2.45) is 5.92 Å². The summed E-state index contributed by atoms with van der Waals surface area (Å²) in [5.74, 6) is 0.152. The summed E-state index contributed by atoms with van der Waals surface area (Å²) < 4.78 is 2.58. The van der Waals surface area contributed by atoms with Crippen LogP contribution in [0, 0.1) is 33.6 Å². The van der Waals surface area contributed by atoms with Crippen LogP contribution < -0.4 is 24.8 Å². The molecule has 0 bridgehead atoms. The predicted octanol–water partition coefficient (Wildman–Crippen LogP) is 5.43. The van der Waals surface area contributed by atoms with Crippen LogP contribution in [-0.2, 0) is 26.1 Å². The molecule has 4 heteroatoms. The van der Waals surface area contributed by atoms with Gasteiger partial charge in [0.05, 0.1) is 0 Å². The van der Waals surface area contributed by atoms with Crippen molar-refractivity contribution in [3.8, 4) is 0 Å². The number of rotatable bonds is 6. The number of Topliss-reactive ketones (excluding diaryl/α,β-unsaturated/α-hetero) is 1. The standard InChI is InChI=1S/C28H31O.C13H10.C5H5.2ClH.Zr/c1-14-15(2)17(4)26-23(16(14)3)20(7)24-21(8)25(18(5)19(6)27(24)26)28(29)22-12-10-9-11-13-22;1-3-7-12(8-4-1)11-13-9-5-2-6-10-13;1-2-4-5-3-1;;;/h9-12,22H,13H2,1-8H3;1-10H;1-3H,4H2;2*1H;/q;;;;;+2/p-2. The van der Waals surface area contributed by atoms with Crippen molar-refractivity contribution in [2.45, 2.75) is 71.4 Å². The topological polar surface area (TPSA) is 17.1 Å². The molecule has 0 N–H and O–H groups in total. The summed E-state index contributed by atoms with van der Waals surface area (Å²) >= 11 is -3.20. The molecule has 0 aromatic heterocycles. The summed E-state index contributed by atoms with van der Waals surface area (Å²) in [4.78, 5) is 15.3. The third-order valence-electron chi connectivity index (χ3n) is 11.8. The predicted molar refractivity (Wildman–Crippen MR) is 201 cm³/mol. The van der Waals surface area contributed by atoms with Gasteiger partial charge in [0.25, 0.3) is 0 Å². The van der Waals surface area contributed by atoms with Crippen LogP contribution >= 0.6 is 0 Å². The zero-order valence-corrected chi connectivity index (χ0v) is 34.4. The van der Waals surface area contributed by atoms with Gasteiger partial charge in [0, 0.05) is 0 Å². The molecule has 0 saturated carbocycles. The number of carbonyl (C=O) groups is 1. The van der Waals surface area contributed by atoms with E-state index < -0.39 is 24.4 Å². The van der Waals surface area contributed by atoms with Crippen LogP contribution in [0.15, 0.2) is 129 Å². The molecule has 3 aromatic rings. The van der Waals surface area contributed by atoms with Gasteiger partial charge in [-0.15, -0.1) is 0 Å². The van der Waals surface area contributed by atoms with Crippen LogP contribution in [-0.4, -0.2) is 8.99 Å². The zero-order valence-electron chi connectivity index (χ0n) is 30.5. The summed E-state index contributed by atoms with van der Waals surface area (Å²) in [7, 11) is 0. The summed E-state index contributed by atoms with van der Waals surface area (Å²) in [6, 6.07) is 22.2. The van der Waals surface area contributed by atoms with E-state index in [4.69, 9.17) is 0 Å². The second kappa shape index (κ2) is 14.8. The molecule has 4 aliphatic rings. The maximum absolute atomic E-state index is 15.3. The van der Waals surface area contributed by atoms with Crippen LogP contribution in [0.3, 0.4) is 0 Å². The summed E-state index contributed by atoms with van der Waals surface area (Å²) in [6.45, 7) is 18.6. The van der Waals surface area contributed by atoms with Crippen LogP contribution in [0.1, 0.15) is 85.0 Å². The fraction of sp³-hybridized carbons (Fsp3) is 0.261. The van der Waals surface area contributed by atoms with E-state index in [0.717, 1.165) is 18.4 Å². The van der Waals surface area contributed by atoms with Crippen molar-refractivity contribution in [1.29, 1.82) is 0 Å². The number of ketones is 1. The minimum Gasteiger partial charge on any atom is -1.00 e. The van der Waals surface area contributed by atoms with E-state index in [1.54, 1.807) is 3.28 Å². The molecule has 7 rings (SSSR count). The van der Waals surface area contributed by atoms with Gasteiger partial charge in [0.1, 0.15) is 0 Å². The Morgan fingerprint density at radius 1 is 0.680 bits per heavy atom. The van der Waals surface area contributed by atoms with E-state index in [1.807, 2.05) is 0 Å².